The summed E-state index contributed by atoms with van der Waals surface area (Å²) in [6.45, 7) is 8.04. The van der Waals surface area contributed by atoms with Gasteiger partial charge >= 0.3 is 0 Å². The first-order chi connectivity index (χ1) is 16.3. The highest BCUT2D eigenvalue weighted by atomic mass is 32.2. The number of anilines is 2. The van der Waals surface area contributed by atoms with E-state index in [9.17, 15) is 19.7 Å². The summed E-state index contributed by atoms with van der Waals surface area (Å²) < 4.78 is 1.73. The van der Waals surface area contributed by atoms with Crippen molar-refractivity contribution in [2.45, 2.75) is 32.0 Å². The fourth-order valence-electron chi connectivity index (χ4n) is 3.15. The molecule has 0 saturated carbocycles. The van der Waals surface area contributed by atoms with E-state index in [1.54, 1.807) is 10.6 Å². The third-order valence-electron chi connectivity index (χ3n) is 4.77. The number of hydrogen-bond donors (Lipinski definition) is 2. The molecule has 0 fully saturated rings. The van der Waals surface area contributed by atoms with E-state index in [2.05, 4.69) is 27.4 Å². The number of carbonyl (C=O) groups is 2. The predicted molar refractivity (Wildman–Crippen MR) is 131 cm³/mol. The molecule has 3 rings (SSSR count). The van der Waals surface area contributed by atoms with E-state index in [0.717, 1.165) is 16.8 Å². The molecule has 2 N–H and O–H groups in total. The number of nitrogens with zero attached hydrogens (tertiary/aromatic N) is 4. The highest BCUT2D eigenvalue weighted by molar-refractivity contribution is 7.99. The number of hydrogen-bond acceptors (Lipinski definition) is 7. The molecule has 11 heteroatoms. The molecule has 1 aromatic heterocycles. The fourth-order valence-corrected chi connectivity index (χ4v) is 3.92. The molecule has 0 unspecified atom stereocenters. The van der Waals surface area contributed by atoms with Gasteiger partial charge in [-0.05, 0) is 37.6 Å². The van der Waals surface area contributed by atoms with Crippen LogP contribution in [0, 0.1) is 24.0 Å². The van der Waals surface area contributed by atoms with Crippen LogP contribution in [0.1, 0.15) is 17.0 Å². The van der Waals surface area contributed by atoms with Crippen LogP contribution in [0.2, 0.25) is 0 Å². The van der Waals surface area contributed by atoms with Crippen LogP contribution in [0.25, 0.3) is 0 Å². The summed E-state index contributed by atoms with van der Waals surface area (Å²) in [7, 11) is 0. The number of thioether (sulfide) groups is 1. The quantitative estimate of drug-likeness (QED) is 0.195. The van der Waals surface area contributed by atoms with Gasteiger partial charge in [-0.15, -0.1) is 16.8 Å². The lowest BCUT2D eigenvalue weighted by Gasteiger charge is -2.10. The van der Waals surface area contributed by atoms with Crippen molar-refractivity contribution in [3.63, 3.8) is 0 Å². The SMILES string of the molecule is C=CCn1c(CC(=O)Nc2ccc(C)cc2C)nnc1SCC(=O)Nc1ccc([N+](=O)[O-])cc1. The van der Waals surface area contributed by atoms with Gasteiger partial charge in [-0.2, -0.15) is 0 Å². The van der Waals surface area contributed by atoms with Crippen LogP contribution in [0.5, 0.6) is 0 Å². The average Bonchev–Trinajstić information content (AvgIpc) is 3.16. The number of amides is 2. The Morgan fingerprint density at radius 2 is 1.85 bits per heavy atom. The molecule has 0 bridgehead atoms. The second kappa shape index (κ2) is 11.2. The number of nitrogens with one attached hydrogen (secondary N) is 2. The van der Waals surface area contributed by atoms with Gasteiger partial charge in [-0.3, -0.25) is 19.7 Å². The molecule has 10 nitrogen and oxygen atoms in total. The second-order valence-corrected chi connectivity index (χ2v) is 8.42. The first-order valence-electron chi connectivity index (χ1n) is 10.3. The maximum absolute atomic E-state index is 12.6. The Balaban J connectivity index is 1.61. The Labute approximate surface area is 200 Å². The number of nitro benzene ring substituents is 1. The molecule has 0 spiro atoms. The van der Waals surface area contributed by atoms with Crippen LogP contribution >= 0.6 is 11.8 Å². The maximum Gasteiger partial charge on any atom is 0.269 e. The fraction of sp³-hybridized carbons (Fsp3) is 0.217. The lowest BCUT2D eigenvalue weighted by molar-refractivity contribution is -0.384. The number of carbonyl (C=O) groups excluding carboxylic acids is 2. The van der Waals surface area contributed by atoms with Gasteiger partial charge in [0, 0.05) is 30.1 Å². The first kappa shape index (κ1) is 24.6. The Morgan fingerprint density at radius 3 is 2.50 bits per heavy atom. The van der Waals surface area contributed by atoms with E-state index in [4.69, 9.17) is 0 Å². The molecule has 1 heterocycles. The second-order valence-electron chi connectivity index (χ2n) is 7.48. The topological polar surface area (TPSA) is 132 Å². The number of rotatable bonds is 10. The number of aryl methyl sites for hydroxylation is 2. The zero-order chi connectivity index (χ0) is 24.7. The van der Waals surface area contributed by atoms with Crippen molar-refractivity contribution in [2.24, 2.45) is 0 Å². The van der Waals surface area contributed by atoms with Crippen LogP contribution in [-0.4, -0.2) is 37.3 Å². The Bertz CT molecular complexity index is 1220. The minimum atomic E-state index is -0.506. The third-order valence-corrected chi connectivity index (χ3v) is 5.74. The normalized spacial score (nSPS) is 10.5. The standard InChI is InChI=1S/C23H24N6O4S/c1-4-11-28-20(13-21(30)25-19-10-5-15(2)12-16(19)3)26-27-23(28)34-14-22(31)24-17-6-8-18(9-7-17)29(32)33/h4-10,12H,1,11,13-14H2,2-3H3,(H,24,31)(H,25,30). The van der Waals surface area contributed by atoms with Gasteiger partial charge in [0.25, 0.3) is 5.69 Å². The van der Waals surface area contributed by atoms with Gasteiger partial charge in [0.1, 0.15) is 5.82 Å². The number of aromatic nitrogens is 3. The van der Waals surface area contributed by atoms with Gasteiger partial charge in [0.2, 0.25) is 11.8 Å². The minimum Gasteiger partial charge on any atom is -0.325 e. The molecule has 176 valence electrons. The van der Waals surface area contributed by atoms with Crippen molar-refractivity contribution in [2.75, 3.05) is 16.4 Å². The van der Waals surface area contributed by atoms with E-state index in [-0.39, 0.29) is 29.7 Å². The summed E-state index contributed by atoms with van der Waals surface area (Å²) in [5.74, 6) is -0.0280. The molecule has 3 aromatic rings. The summed E-state index contributed by atoms with van der Waals surface area (Å²) >= 11 is 1.17. The van der Waals surface area contributed by atoms with E-state index < -0.39 is 4.92 Å². The molecule has 0 radical (unpaired) electrons. The lowest BCUT2D eigenvalue weighted by atomic mass is 10.1. The van der Waals surface area contributed by atoms with Crippen molar-refractivity contribution in [1.29, 1.82) is 0 Å². The zero-order valence-electron chi connectivity index (χ0n) is 18.8. The molecule has 34 heavy (non-hydrogen) atoms. The molecule has 0 aliphatic carbocycles. The molecule has 0 aliphatic heterocycles. The van der Waals surface area contributed by atoms with Gasteiger partial charge in [-0.25, -0.2) is 0 Å². The number of non-ortho nitro benzene ring substituents is 1. The average molecular weight is 481 g/mol. The highest BCUT2D eigenvalue weighted by Crippen LogP contribution is 2.20. The van der Waals surface area contributed by atoms with Crippen LogP contribution in [-0.2, 0) is 22.6 Å². The number of benzene rings is 2. The Kier molecular flexibility index (Phi) is 8.14. The molecule has 0 atom stereocenters. The molecule has 0 saturated heterocycles. The lowest BCUT2D eigenvalue weighted by Crippen LogP contribution is -2.18. The van der Waals surface area contributed by atoms with Gasteiger partial charge < -0.3 is 15.2 Å². The van der Waals surface area contributed by atoms with E-state index in [1.807, 2.05) is 32.0 Å². The number of nitro groups is 1. The molecule has 2 amide bonds. The van der Waals surface area contributed by atoms with Gasteiger partial charge in [-0.1, -0.05) is 35.5 Å². The van der Waals surface area contributed by atoms with Crippen molar-refractivity contribution in [1.82, 2.24) is 14.8 Å². The van der Waals surface area contributed by atoms with Crippen LogP contribution in [0.15, 0.2) is 60.3 Å². The first-order valence-corrected chi connectivity index (χ1v) is 11.3. The molecule has 2 aromatic carbocycles. The van der Waals surface area contributed by atoms with Gasteiger partial charge in [0.15, 0.2) is 5.16 Å². The van der Waals surface area contributed by atoms with Gasteiger partial charge in [0.05, 0.1) is 17.1 Å². The summed E-state index contributed by atoms with van der Waals surface area (Å²) in [5.41, 5.74) is 3.21. The molecular weight excluding hydrogens is 456 g/mol. The van der Waals surface area contributed by atoms with Crippen molar-refractivity contribution >= 4 is 40.6 Å². The van der Waals surface area contributed by atoms with E-state index in [0.29, 0.717) is 23.2 Å². The van der Waals surface area contributed by atoms with Crippen molar-refractivity contribution in [3.05, 3.63) is 82.2 Å². The smallest absolute Gasteiger partial charge is 0.269 e. The zero-order valence-corrected chi connectivity index (χ0v) is 19.6. The van der Waals surface area contributed by atoms with E-state index >= 15 is 0 Å². The summed E-state index contributed by atoms with van der Waals surface area (Å²) in [6, 6.07) is 11.4. The molecule has 0 aliphatic rings. The Hall–Kier alpha value is -3.99. The third kappa shape index (κ3) is 6.51. The van der Waals surface area contributed by atoms with Crippen molar-refractivity contribution < 1.29 is 14.5 Å². The maximum atomic E-state index is 12.6. The monoisotopic (exact) mass is 480 g/mol. The highest BCUT2D eigenvalue weighted by Gasteiger charge is 2.17. The molecular formula is C23H24N6O4S. The Morgan fingerprint density at radius 1 is 1.12 bits per heavy atom. The number of allylic oxidation sites excluding steroid dienone is 1. The largest absolute Gasteiger partial charge is 0.325 e. The summed E-state index contributed by atoms with van der Waals surface area (Å²) in [6.07, 6.45) is 1.68. The minimum absolute atomic E-state index is 0.0176. The predicted octanol–water partition coefficient (Wildman–Crippen LogP) is 3.90. The summed E-state index contributed by atoms with van der Waals surface area (Å²) in [4.78, 5) is 35.1. The van der Waals surface area contributed by atoms with Crippen LogP contribution in [0.3, 0.4) is 0 Å². The van der Waals surface area contributed by atoms with Crippen LogP contribution < -0.4 is 10.6 Å². The van der Waals surface area contributed by atoms with Crippen molar-refractivity contribution in [3.8, 4) is 0 Å². The summed E-state index contributed by atoms with van der Waals surface area (Å²) in [5, 5.41) is 25.0. The van der Waals surface area contributed by atoms with Crippen LogP contribution in [0.4, 0.5) is 17.1 Å². The van der Waals surface area contributed by atoms with E-state index in [1.165, 1.54) is 36.0 Å².